The molecule has 0 saturated heterocycles. The van der Waals surface area contributed by atoms with Crippen LogP contribution >= 0.6 is 0 Å². The van der Waals surface area contributed by atoms with Gasteiger partial charge in [-0.15, -0.1) is 0 Å². The number of methoxy groups -OCH3 is 1. The van der Waals surface area contributed by atoms with Crippen molar-refractivity contribution in [2.75, 3.05) is 7.11 Å². The van der Waals surface area contributed by atoms with Gasteiger partial charge in [0.2, 0.25) is 0 Å². The average Bonchev–Trinajstić information content (AvgIpc) is 2.49. The normalized spacial score (nSPS) is 13.8. The lowest BCUT2D eigenvalue weighted by atomic mass is 10.1. The lowest BCUT2D eigenvalue weighted by molar-refractivity contribution is -0.147. The first-order chi connectivity index (χ1) is 10.7. The third kappa shape index (κ3) is 7.15. The number of esters is 1. The fourth-order valence-corrected chi connectivity index (χ4v) is 1.83. The van der Waals surface area contributed by atoms with Crippen molar-refractivity contribution < 1.29 is 23.8 Å². The lowest BCUT2D eigenvalue weighted by Gasteiger charge is -2.25. The maximum atomic E-state index is 11.9. The van der Waals surface area contributed by atoms with Gasteiger partial charge < -0.3 is 19.5 Å². The number of hydrogen-bond acceptors (Lipinski definition) is 5. The zero-order chi connectivity index (χ0) is 17.5. The van der Waals surface area contributed by atoms with Crippen LogP contribution in [0.2, 0.25) is 0 Å². The molecule has 1 amide bonds. The van der Waals surface area contributed by atoms with Crippen LogP contribution in [0, 0.1) is 0 Å². The smallest absolute Gasteiger partial charge is 0.408 e. The highest BCUT2D eigenvalue weighted by atomic mass is 16.6. The maximum Gasteiger partial charge on any atom is 0.408 e. The van der Waals surface area contributed by atoms with Crippen molar-refractivity contribution in [1.29, 1.82) is 0 Å². The highest BCUT2D eigenvalue weighted by molar-refractivity contribution is 5.82. The molecule has 2 atom stereocenters. The SMILES string of the molecule is COC(=O)[C@@H](NC(=O)OC(C)(C)C)[C@H](C)OCc1ccccc1. The topological polar surface area (TPSA) is 73.9 Å². The van der Waals surface area contributed by atoms with Gasteiger partial charge in [0.15, 0.2) is 6.04 Å². The molecule has 0 unspecified atom stereocenters. The molecule has 1 rings (SSSR count). The van der Waals surface area contributed by atoms with Gasteiger partial charge >= 0.3 is 12.1 Å². The summed E-state index contributed by atoms with van der Waals surface area (Å²) in [6.07, 6.45) is -1.27. The van der Waals surface area contributed by atoms with Crippen LogP contribution < -0.4 is 5.32 Å². The Morgan fingerprint density at radius 3 is 2.30 bits per heavy atom. The summed E-state index contributed by atoms with van der Waals surface area (Å²) in [5, 5.41) is 2.50. The summed E-state index contributed by atoms with van der Waals surface area (Å²) in [7, 11) is 1.26. The monoisotopic (exact) mass is 323 g/mol. The third-order valence-corrected chi connectivity index (χ3v) is 2.95. The highest BCUT2D eigenvalue weighted by Crippen LogP contribution is 2.10. The number of amides is 1. The van der Waals surface area contributed by atoms with Gasteiger partial charge in [0.1, 0.15) is 5.60 Å². The van der Waals surface area contributed by atoms with E-state index in [2.05, 4.69) is 5.32 Å². The Morgan fingerprint density at radius 1 is 1.17 bits per heavy atom. The molecule has 0 saturated carbocycles. The van der Waals surface area contributed by atoms with Crippen molar-refractivity contribution in [3.8, 4) is 0 Å². The number of nitrogens with one attached hydrogen (secondary N) is 1. The van der Waals surface area contributed by atoms with Gasteiger partial charge in [-0.25, -0.2) is 9.59 Å². The molecule has 0 heterocycles. The zero-order valence-corrected chi connectivity index (χ0v) is 14.3. The molecule has 0 aromatic heterocycles. The number of rotatable bonds is 6. The van der Waals surface area contributed by atoms with Crippen LogP contribution in [0.4, 0.5) is 4.79 Å². The first-order valence-corrected chi connectivity index (χ1v) is 7.46. The van der Waals surface area contributed by atoms with Crippen LogP contribution in [0.25, 0.3) is 0 Å². The second-order valence-electron chi connectivity index (χ2n) is 6.15. The number of hydrogen-bond donors (Lipinski definition) is 1. The van der Waals surface area contributed by atoms with E-state index in [4.69, 9.17) is 14.2 Å². The minimum absolute atomic E-state index is 0.325. The van der Waals surface area contributed by atoms with Crippen molar-refractivity contribution in [2.45, 2.75) is 52.0 Å². The summed E-state index contributed by atoms with van der Waals surface area (Å²) >= 11 is 0. The fourth-order valence-electron chi connectivity index (χ4n) is 1.83. The summed E-state index contributed by atoms with van der Waals surface area (Å²) in [6, 6.07) is 8.61. The molecule has 0 spiro atoms. The number of carbonyl (C=O) groups is 2. The Labute approximate surface area is 137 Å². The van der Waals surface area contributed by atoms with Crippen LogP contribution in [0.1, 0.15) is 33.3 Å². The Bertz CT molecular complexity index is 509. The summed E-state index contributed by atoms with van der Waals surface area (Å²) in [4.78, 5) is 23.8. The van der Waals surface area contributed by atoms with Crippen LogP contribution in [-0.4, -0.2) is 36.9 Å². The van der Waals surface area contributed by atoms with Crippen molar-refractivity contribution in [3.63, 3.8) is 0 Å². The molecule has 0 bridgehead atoms. The van der Waals surface area contributed by atoms with Gasteiger partial charge in [0, 0.05) is 0 Å². The van der Waals surface area contributed by atoms with Gasteiger partial charge in [0.05, 0.1) is 19.8 Å². The Kier molecular flexibility index (Phi) is 7.03. The second-order valence-corrected chi connectivity index (χ2v) is 6.15. The Balaban J connectivity index is 2.65. The zero-order valence-electron chi connectivity index (χ0n) is 14.3. The molecule has 0 aliphatic heterocycles. The summed E-state index contributed by atoms with van der Waals surface area (Å²) in [6.45, 7) is 7.26. The summed E-state index contributed by atoms with van der Waals surface area (Å²) < 4.78 is 15.6. The molecule has 6 nitrogen and oxygen atoms in total. The highest BCUT2D eigenvalue weighted by Gasteiger charge is 2.30. The second kappa shape index (κ2) is 8.53. The van der Waals surface area contributed by atoms with E-state index < -0.39 is 29.8 Å². The van der Waals surface area contributed by atoms with Crippen molar-refractivity contribution in [3.05, 3.63) is 35.9 Å². The lowest BCUT2D eigenvalue weighted by Crippen LogP contribution is -2.50. The van der Waals surface area contributed by atoms with Crippen molar-refractivity contribution in [2.24, 2.45) is 0 Å². The summed E-state index contributed by atoms with van der Waals surface area (Å²) in [5.74, 6) is -0.587. The predicted octanol–water partition coefficient (Wildman–Crippen LogP) is 2.66. The molecule has 1 N–H and O–H groups in total. The minimum Gasteiger partial charge on any atom is -0.467 e. The Morgan fingerprint density at radius 2 is 1.78 bits per heavy atom. The molecule has 6 heteroatoms. The van der Waals surface area contributed by atoms with Crippen LogP contribution in [0.5, 0.6) is 0 Å². The van der Waals surface area contributed by atoms with Gasteiger partial charge in [-0.05, 0) is 33.3 Å². The number of carbonyl (C=O) groups excluding carboxylic acids is 2. The van der Waals surface area contributed by atoms with Gasteiger partial charge in [-0.1, -0.05) is 30.3 Å². The molecule has 0 aliphatic carbocycles. The molecular weight excluding hydrogens is 298 g/mol. The van der Waals surface area contributed by atoms with E-state index in [1.54, 1.807) is 27.7 Å². The molecule has 128 valence electrons. The number of ether oxygens (including phenoxy) is 3. The van der Waals surface area contributed by atoms with E-state index in [1.807, 2.05) is 30.3 Å². The number of alkyl carbamates (subject to hydrolysis) is 1. The van der Waals surface area contributed by atoms with Crippen LogP contribution in [-0.2, 0) is 25.6 Å². The molecule has 0 aliphatic rings. The predicted molar refractivity (Wildman–Crippen MR) is 85.9 cm³/mol. The minimum atomic E-state index is -0.946. The van der Waals surface area contributed by atoms with Crippen molar-refractivity contribution >= 4 is 12.1 Å². The average molecular weight is 323 g/mol. The third-order valence-electron chi connectivity index (χ3n) is 2.95. The van der Waals surface area contributed by atoms with E-state index in [0.29, 0.717) is 6.61 Å². The first kappa shape index (κ1) is 19.0. The standard InChI is InChI=1S/C17H25NO5/c1-12(22-11-13-9-7-6-8-10-13)14(15(19)21-5)18-16(20)23-17(2,3)4/h6-10,12,14H,11H2,1-5H3,(H,18,20)/t12-,14-/m0/s1. The maximum absolute atomic E-state index is 11.9. The van der Waals surface area contributed by atoms with Gasteiger partial charge in [-0.2, -0.15) is 0 Å². The Hall–Kier alpha value is -2.08. The van der Waals surface area contributed by atoms with Gasteiger partial charge in [-0.3, -0.25) is 0 Å². The molecule has 23 heavy (non-hydrogen) atoms. The molecule has 1 aromatic rings. The van der Waals surface area contributed by atoms with E-state index in [0.717, 1.165) is 5.56 Å². The van der Waals surface area contributed by atoms with Crippen LogP contribution in [0.15, 0.2) is 30.3 Å². The molecule has 0 fully saturated rings. The molecular formula is C17H25NO5. The molecule has 1 aromatic carbocycles. The van der Waals surface area contributed by atoms with Crippen LogP contribution in [0.3, 0.4) is 0 Å². The number of benzene rings is 1. The van der Waals surface area contributed by atoms with E-state index in [9.17, 15) is 9.59 Å². The largest absolute Gasteiger partial charge is 0.467 e. The van der Waals surface area contributed by atoms with E-state index in [1.165, 1.54) is 7.11 Å². The fraction of sp³-hybridized carbons (Fsp3) is 0.529. The first-order valence-electron chi connectivity index (χ1n) is 7.46. The summed E-state index contributed by atoms with van der Waals surface area (Å²) in [5.41, 5.74) is 0.319. The molecule has 0 radical (unpaired) electrons. The quantitative estimate of drug-likeness (QED) is 0.815. The van der Waals surface area contributed by atoms with Crippen molar-refractivity contribution in [1.82, 2.24) is 5.32 Å². The van der Waals surface area contributed by atoms with E-state index in [-0.39, 0.29) is 0 Å². The van der Waals surface area contributed by atoms with E-state index >= 15 is 0 Å². The van der Waals surface area contributed by atoms with Gasteiger partial charge in [0.25, 0.3) is 0 Å².